The number of nitrogens with one attached hydrogen (secondary N) is 1. The van der Waals surface area contributed by atoms with Crippen LogP contribution in [0.5, 0.6) is 11.5 Å². The maximum atomic E-state index is 13.0. The molecule has 25 heavy (non-hydrogen) atoms. The van der Waals surface area contributed by atoms with Gasteiger partial charge in [-0.1, -0.05) is 40.2 Å². The lowest BCUT2D eigenvalue weighted by Crippen LogP contribution is -2.40. The van der Waals surface area contributed by atoms with Crippen molar-refractivity contribution in [1.29, 1.82) is 0 Å². The highest BCUT2D eigenvalue weighted by molar-refractivity contribution is 9.10. The Morgan fingerprint density at radius 1 is 1.16 bits per heavy atom. The maximum absolute atomic E-state index is 13.0. The Hall–Kier alpha value is -2.54. The highest BCUT2D eigenvalue weighted by atomic mass is 79.9. The summed E-state index contributed by atoms with van der Waals surface area (Å²) in [7, 11) is 0. The van der Waals surface area contributed by atoms with Crippen molar-refractivity contribution in [2.24, 2.45) is 0 Å². The molecule has 4 rings (SSSR count). The first-order valence-electron chi connectivity index (χ1n) is 7.77. The van der Waals surface area contributed by atoms with Crippen LogP contribution in [-0.2, 0) is 16.9 Å². The van der Waals surface area contributed by atoms with Gasteiger partial charge in [-0.2, -0.15) is 0 Å². The van der Waals surface area contributed by atoms with Crippen molar-refractivity contribution in [2.45, 2.75) is 19.0 Å². The normalized spacial score (nSPS) is 21.6. The summed E-state index contributed by atoms with van der Waals surface area (Å²) in [5.74, 6) is 0.909. The third-order valence-corrected chi connectivity index (χ3v) is 5.28. The predicted octanol–water partition coefficient (Wildman–Crippen LogP) is 3.15. The van der Waals surface area contributed by atoms with Gasteiger partial charge in [0.25, 0.3) is 5.91 Å². The van der Waals surface area contributed by atoms with E-state index in [1.807, 2.05) is 24.3 Å². The topological polar surface area (TPSA) is 67.9 Å². The van der Waals surface area contributed by atoms with Crippen LogP contribution in [0.15, 0.2) is 46.9 Å². The molecule has 2 aliphatic heterocycles. The number of rotatable bonds is 3. The van der Waals surface area contributed by atoms with E-state index in [0.717, 1.165) is 10.0 Å². The van der Waals surface area contributed by atoms with E-state index in [1.54, 1.807) is 25.1 Å². The Bertz CT molecular complexity index is 885. The van der Waals surface area contributed by atoms with Gasteiger partial charge in [-0.05, 0) is 36.2 Å². The number of hydrogen-bond acceptors (Lipinski definition) is 4. The SMILES string of the molecule is C[C@@]1(c2ccc3c(c2)OCO3)NC(=O)N(Cc2ccccc2Br)C1=O. The molecule has 0 aromatic heterocycles. The molecular formula is C18H15BrN2O4. The number of imide groups is 1. The molecule has 1 saturated heterocycles. The van der Waals surface area contributed by atoms with Crippen molar-refractivity contribution in [2.75, 3.05) is 6.79 Å². The van der Waals surface area contributed by atoms with Crippen molar-refractivity contribution in [3.05, 3.63) is 58.1 Å². The second kappa shape index (κ2) is 5.77. The first kappa shape index (κ1) is 16.0. The number of fused-ring (bicyclic) bond motifs is 1. The molecule has 1 fully saturated rings. The minimum absolute atomic E-state index is 0.157. The molecule has 2 aromatic rings. The molecule has 0 saturated carbocycles. The quantitative estimate of drug-likeness (QED) is 0.800. The van der Waals surface area contributed by atoms with Crippen molar-refractivity contribution in [1.82, 2.24) is 10.2 Å². The van der Waals surface area contributed by atoms with Gasteiger partial charge >= 0.3 is 6.03 Å². The van der Waals surface area contributed by atoms with E-state index in [9.17, 15) is 9.59 Å². The van der Waals surface area contributed by atoms with Crippen molar-refractivity contribution in [3.63, 3.8) is 0 Å². The standard InChI is InChI=1S/C18H15BrN2O4/c1-18(12-6-7-14-15(8-12)25-10-24-14)16(22)21(17(23)20-18)9-11-4-2-3-5-13(11)19/h2-8H,9-10H2,1H3,(H,20,23)/t18-/m0/s1. The van der Waals surface area contributed by atoms with Crippen molar-refractivity contribution < 1.29 is 19.1 Å². The number of amides is 3. The van der Waals surface area contributed by atoms with Gasteiger partial charge in [0.05, 0.1) is 6.54 Å². The molecule has 0 aliphatic carbocycles. The van der Waals surface area contributed by atoms with E-state index in [1.165, 1.54) is 4.90 Å². The van der Waals surface area contributed by atoms with Crippen LogP contribution in [0.3, 0.4) is 0 Å². The Morgan fingerprint density at radius 3 is 2.72 bits per heavy atom. The fourth-order valence-corrected chi connectivity index (χ4v) is 3.45. The molecule has 7 heteroatoms. The summed E-state index contributed by atoms with van der Waals surface area (Å²) in [6.45, 7) is 2.06. The van der Waals surface area contributed by atoms with Crippen LogP contribution in [0.2, 0.25) is 0 Å². The summed E-state index contributed by atoms with van der Waals surface area (Å²) in [4.78, 5) is 26.7. The third kappa shape index (κ3) is 2.55. The van der Waals surface area contributed by atoms with Gasteiger partial charge in [-0.25, -0.2) is 4.79 Å². The second-order valence-corrected chi connectivity index (χ2v) is 6.96. The number of benzene rings is 2. The zero-order valence-corrected chi connectivity index (χ0v) is 15.0. The second-order valence-electron chi connectivity index (χ2n) is 6.11. The van der Waals surface area contributed by atoms with Gasteiger partial charge in [0.15, 0.2) is 11.5 Å². The molecule has 0 bridgehead atoms. The molecule has 6 nitrogen and oxygen atoms in total. The lowest BCUT2D eigenvalue weighted by molar-refractivity contribution is -0.131. The highest BCUT2D eigenvalue weighted by Gasteiger charge is 2.49. The van der Waals surface area contributed by atoms with Gasteiger partial charge in [0.1, 0.15) is 5.54 Å². The molecule has 1 atom stereocenters. The Morgan fingerprint density at radius 2 is 1.92 bits per heavy atom. The lowest BCUT2D eigenvalue weighted by Gasteiger charge is -2.22. The van der Waals surface area contributed by atoms with E-state index in [0.29, 0.717) is 17.1 Å². The number of carbonyl (C=O) groups is 2. The molecule has 0 radical (unpaired) electrons. The summed E-state index contributed by atoms with van der Waals surface area (Å²) in [6.07, 6.45) is 0. The van der Waals surface area contributed by atoms with Gasteiger partial charge in [-0.15, -0.1) is 0 Å². The van der Waals surface area contributed by atoms with Crippen LogP contribution in [-0.4, -0.2) is 23.6 Å². The number of carbonyl (C=O) groups excluding carboxylic acids is 2. The zero-order valence-electron chi connectivity index (χ0n) is 13.4. The smallest absolute Gasteiger partial charge is 0.325 e. The summed E-state index contributed by atoms with van der Waals surface area (Å²) in [5.41, 5.74) is 0.380. The molecular weight excluding hydrogens is 388 g/mol. The Labute approximate surface area is 152 Å². The van der Waals surface area contributed by atoms with E-state index in [2.05, 4.69) is 21.2 Å². The minimum Gasteiger partial charge on any atom is -0.454 e. The van der Waals surface area contributed by atoms with Crippen LogP contribution in [0.25, 0.3) is 0 Å². The van der Waals surface area contributed by atoms with Gasteiger partial charge in [0, 0.05) is 4.47 Å². The first-order valence-corrected chi connectivity index (χ1v) is 8.56. The fraction of sp³-hybridized carbons (Fsp3) is 0.222. The molecule has 2 heterocycles. The zero-order chi connectivity index (χ0) is 17.6. The molecule has 0 unspecified atom stereocenters. The fourth-order valence-electron chi connectivity index (χ4n) is 3.04. The molecule has 128 valence electrons. The van der Waals surface area contributed by atoms with Gasteiger partial charge in [-0.3, -0.25) is 9.69 Å². The average molecular weight is 403 g/mol. The van der Waals surface area contributed by atoms with Crippen molar-refractivity contribution >= 4 is 27.9 Å². The van der Waals surface area contributed by atoms with Gasteiger partial charge in [0.2, 0.25) is 6.79 Å². The molecule has 3 amide bonds. The number of halogens is 1. The maximum Gasteiger partial charge on any atom is 0.325 e. The van der Waals surface area contributed by atoms with E-state index >= 15 is 0 Å². The monoisotopic (exact) mass is 402 g/mol. The van der Waals surface area contributed by atoms with Gasteiger partial charge < -0.3 is 14.8 Å². The Balaban J connectivity index is 1.65. The van der Waals surface area contributed by atoms with Crippen LogP contribution in [0, 0.1) is 0 Å². The van der Waals surface area contributed by atoms with E-state index in [-0.39, 0.29) is 19.2 Å². The number of nitrogens with zero attached hydrogens (tertiary/aromatic N) is 1. The lowest BCUT2D eigenvalue weighted by atomic mass is 9.91. The highest BCUT2D eigenvalue weighted by Crippen LogP contribution is 2.38. The summed E-state index contributed by atoms with van der Waals surface area (Å²) >= 11 is 3.45. The Kier molecular flexibility index (Phi) is 3.68. The largest absolute Gasteiger partial charge is 0.454 e. The predicted molar refractivity (Wildman–Crippen MR) is 93.1 cm³/mol. The first-order chi connectivity index (χ1) is 12.0. The summed E-state index contributed by atoms with van der Waals surface area (Å²) < 4.78 is 11.5. The molecule has 0 spiro atoms. The van der Waals surface area contributed by atoms with Crippen LogP contribution >= 0.6 is 15.9 Å². The van der Waals surface area contributed by atoms with Crippen molar-refractivity contribution in [3.8, 4) is 11.5 Å². The number of urea groups is 1. The minimum atomic E-state index is -1.14. The summed E-state index contributed by atoms with van der Waals surface area (Å²) in [6, 6.07) is 12.4. The number of hydrogen-bond donors (Lipinski definition) is 1. The molecule has 1 N–H and O–H groups in total. The van der Waals surface area contributed by atoms with Crippen LogP contribution in [0.1, 0.15) is 18.1 Å². The summed E-state index contributed by atoms with van der Waals surface area (Å²) in [5, 5.41) is 2.80. The average Bonchev–Trinajstić information content (AvgIpc) is 3.15. The molecule has 2 aromatic carbocycles. The van der Waals surface area contributed by atoms with Crippen LogP contribution < -0.4 is 14.8 Å². The van der Waals surface area contributed by atoms with E-state index < -0.39 is 11.6 Å². The number of ether oxygens (including phenoxy) is 2. The molecule has 2 aliphatic rings. The van der Waals surface area contributed by atoms with E-state index in [4.69, 9.17) is 9.47 Å². The third-order valence-electron chi connectivity index (χ3n) is 4.51. The van der Waals surface area contributed by atoms with Crippen LogP contribution in [0.4, 0.5) is 4.79 Å².